The zero-order chi connectivity index (χ0) is 19.7. The number of ether oxygens (including phenoxy) is 2. The van der Waals surface area contributed by atoms with Crippen LogP contribution in [0.2, 0.25) is 0 Å². The molecule has 3 aromatic rings. The molecule has 28 heavy (non-hydrogen) atoms. The molecule has 148 valence electrons. The summed E-state index contributed by atoms with van der Waals surface area (Å²) in [6, 6.07) is 7.65. The van der Waals surface area contributed by atoms with Crippen molar-refractivity contribution >= 4 is 17.0 Å². The molecule has 4 rings (SSSR count). The molecule has 1 fully saturated rings. The second-order valence-corrected chi connectivity index (χ2v) is 6.48. The maximum absolute atomic E-state index is 10.3. The van der Waals surface area contributed by atoms with E-state index in [-0.39, 0.29) is 0 Å². The summed E-state index contributed by atoms with van der Waals surface area (Å²) in [5.74, 6) is 1.32. The van der Waals surface area contributed by atoms with Crippen LogP contribution in [0.4, 0.5) is 5.82 Å². The van der Waals surface area contributed by atoms with Crippen LogP contribution in [0, 0.1) is 0 Å². The molecule has 4 atom stereocenters. The Morgan fingerprint density at radius 2 is 1.93 bits per heavy atom. The van der Waals surface area contributed by atoms with E-state index in [0.717, 1.165) is 11.3 Å². The summed E-state index contributed by atoms with van der Waals surface area (Å²) >= 11 is 0. The van der Waals surface area contributed by atoms with E-state index in [9.17, 15) is 15.3 Å². The zero-order valence-corrected chi connectivity index (χ0v) is 15.1. The van der Waals surface area contributed by atoms with Gasteiger partial charge in [-0.15, -0.1) is 0 Å². The predicted octanol–water partition coefficient (Wildman–Crippen LogP) is 0.0585. The number of aliphatic hydroxyl groups is 3. The lowest BCUT2D eigenvalue weighted by atomic mass is 10.1. The number of hydrogen-bond acceptors (Lipinski definition) is 9. The summed E-state index contributed by atoms with van der Waals surface area (Å²) in [4.78, 5) is 12.8. The Hall–Kier alpha value is -2.79. The van der Waals surface area contributed by atoms with E-state index >= 15 is 0 Å². The van der Waals surface area contributed by atoms with Gasteiger partial charge in [-0.1, -0.05) is 12.1 Å². The third-order valence-electron chi connectivity index (χ3n) is 4.77. The fourth-order valence-corrected chi connectivity index (χ4v) is 3.21. The van der Waals surface area contributed by atoms with E-state index in [1.165, 1.54) is 17.2 Å². The standard InChI is InChI=1S/C18H21N5O5/c1-27-11-4-2-10(3-5-11)6-19-16-13-17(21-8-20-16)23(9-22-13)18-15(26)14(25)12(7-24)28-18/h2-5,8-9,12,14-15,18,24-26H,6-7H2,1H3,(H,19,20,21)/t12-,14?,15+,18-/m1/s1. The minimum absolute atomic E-state index is 0.398. The predicted molar refractivity (Wildman–Crippen MR) is 98.7 cm³/mol. The SMILES string of the molecule is COc1ccc(CNc2ncnc3c2ncn3[C@@H]2O[C@H](CO)C(O)[C@@H]2O)cc1. The molecule has 0 aliphatic carbocycles. The van der Waals surface area contributed by atoms with Crippen molar-refractivity contribution in [2.75, 3.05) is 19.0 Å². The third-order valence-corrected chi connectivity index (χ3v) is 4.77. The Labute approximate surface area is 160 Å². The number of nitrogens with one attached hydrogen (secondary N) is 1. The first kappa shape index (κ1) is 18.6. The van der Waals surface area contributed by atoms with Gasteiger partial charge in [0.2, 0.25) is 0 Å². The number of rotatable bonds is 6. The molecule has 1 aromatic carbocycles. The van der Waals surface area contributed by atoms with Crippen molar-refractivity contribution in [1.82, 2.24) is 19.5 Å². The van der Waals surface area contributed by atoms with Crippen LogP contribution >= 0.6 is 0 Å². The van der Waals surface area contributed by atoms with Gasteiger partial charge in [-0.3, -0.25) is 4.57 Å². The van der Waals surface area contributed by atoms with Crippen LogP contribution < -0.4 is 10.1 Å². The van der Waals surface area contributed by atoms with Crippen molar-refractivity contribution in [2.45, 2.75) is 31.1 Å². The summed E-state index contributed by atoms with van der Waals surface area (Å²) < 4.78 is 12.2. The number of aromatic nitrogens is 4. The number of hydrogen-bond donors (Lipinski definition) is 4. The summed E-state index contributed by atoms with van der Waals surface area (Å²) in [5.41, 5.74) is 1.99. The third kappa shape index (κ3) is 3.27. The number of fused-ring (bicyclic) bond motifs is 1. The highest BCUT2D eigenvalue weighted by atomic mass is 16.6. The van der Waals surface area contributed by atoms with Crippen molar-refractivity contribution in [3.05, 3.63) is 42.5 Å². The zero-order valence-electron chi connectivity index (χ0n) is 15.1. The maximum Gasteiger partial charge on any atom is 0.167 e. The van der Waals surface area contributed by atoms with Gasteiger partial charge in [0.05, 0.1) is 20.0 Å². The lowest BCUT2D eigenvalue weighted by Crippen LogP contribution is -2.33. The van der Waals surface area contributed by atoms with Gasteiger partial charge in [-0.05, 0) is 17.7 Å². The molecule has 0 bridgehead atoms. The largest absolute Gasteiger partial charge is 0.497 e. The summed E-state index contributed by atoms with van der Waals surface area (Å²) in [5, 5.41) is 32.7. The monoisotopic (exact) mass is 387 g/mol. The number of anilines is 1. The van der Waals surface area contributed by atoms with Gasteiger partial charge in [0.25, 0.3) is 0 Å². The Balaban J connectivity index is 1.56. The molecule has 1 unspecified atom stereocenters. The Bertz CT molecular complexity index is 947. The molecule has 1 aliphatic heterocycles. The molecule has 2 aromatic heterocycles. The fraction of sp³-hybridized carbons (Fsp3) is 0.389. The number of imidazole rings is 1. The molecule has 0 saturated carbocycles. The molecular formula is C18H21N5O5. The topological polar surface area (TPSA) is 135 Å². The van der Waals surface area contributed by atoms with Crippen LogP contribution in [0.15, 0.2) is 36.9 Å². The average molecular weight is 387 g/mol. The Morgan fingerprint density at radius 1 is 1.14 bits per heavy atom. The van der Waals surface area contributed by atoms with Crippen molar-refractivity contribution in [3.63, 3.8) is 0 Å². The highest BCUT2D eigenvalue weighted by molar-refractivity contribution is 5.82. The van der Waals surface area contributed by atoms with Crippen LogP contribution in [0.5, 0.6) is 5.75 Å². The van der Waals surface area contributed by atoms with Gasteiger partial charge in [0.15, 0.2) is 23.2 Å². The smallest absolute Gasteiger partial charge is 0.167 e. The minimum atomic E-state index is -1.21. The van der Waals surface area contributed by atoms with Crippen LogP contribution in [0.3, 0.4) is 0 Å². The lowest BCUT2D eigenvalue weighted by Gasteiger charge is -2.16. The minimum Gasteiger partial charge on any atom is -0.497 e. The number of benzene rings is 1. The van der Waals surface area contributed by atoms with Gasteiger partial charge in [0.1, 0.15) is 30.4 Å². The van der Waals surface area contributed by atoms with Crippen molar-refractivity contribution < 1.29 is 24.8 Å². The molecule has 0 amide bonds. The van der Waals surface area contributed by atoms with E-state index < -0.39 is 31.1 Å². The summed E-state index contributed by atoms with van der Waals surface area (Å²) in [6.07, 6.45) is -1.31. The average Bonchev–Trinajstić information content (AvgIpc) is 3.28. The molecule has 1 aliphatic rings. The lowest BCUT2D eigenvalue weighted by molar-refractivity contribution is -0.0511. The van der Waals surface area contributed by atoms with Gasteiger partial charge in [0, 0.05) is 6.54 Å². The van der Waals surface area contributed by atoms with Crippen molar-refractivity contribution in [2.24, 2.45) is 0 Å². The molecular weight excluding hydrogens is 366 g/mol. The number of aliphatic hydroxyl groups excluding tert-OH is 3. The highest BCUT2D eigenvalue weighted by Crippen LogP contribution is 2.32. The van der Waals surface area contributed by atoms with E-state index in [1.54, 1.807) is 7.11 Å². The molecule has 0 spiro atoms. The highest BCUT2D eigenvalue weighted by Gasteiger charge is 2.44. The van der Waals surface area contributed by atoms with Gasteiger partial charge in [-0.25, -0.2) is 15.0 Å². The molecule has 10 nitrogen and oxygen atoms in total. The molecule has 10 heteroatoms. The number of methoxy groups -OCH3 is 1. The van der Waals surface area contributed by atoms with Gasteiger partial charge < -0.3 is 30.1 Å². The second kappa shape index (κ2) is 7.68. The molecule has 4 N–H and O–H groups in total. The summed E-state index contributed by atoms with van der Waals surface area (Å²) in [6.45, 7) is 0.127. The first-order valence-corrected chi connectivity index (χ1v) is 8.79. The van der Waals surface area contributed by atoms with Gasteiger partial charge in [-0.2, -0.15) is 0 Å². The Morgan fingerprint density at radius 3 is 2.61 bits per heavy atom. The van der Waals surface area contributed by atoms with Crippen molar-refractivity contribution in [3.8, 4) is 5.75 Å². The second-order valence-electron chi connectivity index (χ2n) is 6.48. The Kier molecular flexibility index (Phi) is 5.09. The molecule has 3 heterocycles. The first-order chi connectivity index (χ1) is 13.6. The van der Waals surface area contributed by atoms with Crippen LogP contribution in [0.25, 0.3) is 11.2 Å². The van der Waals surface area contributed by atoms with Crippen LogP contribution in [-0.2, 0) is 11.3 Å². The maximum atomic E-state index is 10.3. The molecule has 1 saturated heterocycles. The van der Waals surface area contributed by atoms with Gasteiger partial charge >= 0.3 is 0 Å². The quantitative estimate of drug-likeness (QED) is 0.463. The molecule has 0 radical (unpaired) electrons. The normalized spacial score (nSPS) is 24.6. The van der Waals surface area contributed by atoms with Crippen LogP contribution in [-0.4, -0.2) is 66.9 Å². The fourth-order valence-electron chi connectivity index (χ4n) is 3.21. The first-order valence-electron chi connectivity index (χ1n) is 8.79. The summed E-state index contributed by atoms with van der Waals surface area (Å²) in [7, 11) is 1.62. The van der Waals surface area contributed by atoms with E-state index in [2.05, 4.69) is 20.3 Å². The van der Waals surface area contributed by atoms with E-state index in [4.69, 9.17) is 9.47 Å². The van der Waals surface area contributed by atoms with Crippen LogP contribution in [0.1, 0.15) is 11.8 Å². The van der Waals surface area contributed by atoms with E-state index in [0.29, 0.717) is 23.5 Å². The van der Waals surface area contributed by atoms with Crippen molar-refractivity contribution in [1.29, 1.82) is 0 Å². The van der Waals surface area contributed by atoms with E-state index in [1.807, 2.05) is 24.3 Å². The number of nitrogens with zero attached hydrogens (tertiary/aromatic N) is 4.